The molecule has 0 radical (unpaired) electrons. The lowest BCUT2D eigenvalue weighted by Gasteiger charge is -2.26. The summed E-state index contributed by atoms with van der Waals surface area (Å²) in [5.41, 5.74) is 4.03. The number of fused-ring (bicyclic) bond motifs is 1. The fraction of sp³-hybridized carbons (Fsp3) is 0.571. The summed E-state index contributed by atoms with van der Waals surface area (Å²) in [7, 11) is 0. The molecule has 1 atom stereocenters. The van der Waals surface area contributed by atoms with E-state index in [4.69, 9.17) is 5.11 Å². The predicted molar refractivity (Wildman–Crippen MR) is 64.5 cm³/mol. The number of rotatable bonds is 3. The fourth-order valence-corrected chi connectivity index (χ4v) is 2.84. The number of aliphatic hydroxyl groups is 1. The minimum absolute atomic E-state index is 0.170. The molecule has 1 aromatic carbocycles. The minimum Gasteiger partial charge on any atom is -0.392 e. The summed E-state index contributed by atoms with van der Waals surface area (Å²) < 4.78 is 0. The van der Waals surface area contributed by atoms with E-state index in [1.165, 1.54) is 50.0 Å². The van der Waals surface area contributed by atoms with Crippen LogP contribution >= 0.6 is 0 Å². The number of hydrogen-bond acceptors (Lipinski definition) is 2. The van der Waals surface area contributed by atoms with Crippen LogP contribution in [-0.2, 0) is 6.61 Å². The Labute approximate surface area is 96.9 Å². The molecule has 2 aliphatic rings. The molecule has 1 N–H and O–H groups in total. The molecule has 1 aliphatic carbocycles. The lowest BCUT2D eigenvalue weighted by atomic mass is 10.1. The summed E-state index contributed by atoms with van der Waals surface area (Å²) >= 11 is 0. The molecule has 0 saturated carbocycles. The summed E-state index contributed by atoms with van der Waals surface area (Å²) in [6, 6.07) is 6.41. The first-order valence-corrected chi connectivity index (χ1v) is 6.34. The normalized spacial score (nSPS) is 24.2. The Morgan fingerprint density at radius 2 is 1.94 bits per heavy atom. The molecule has 0 spiro atoms. The third kappa shape index (κ3) is 1.87. The van der Waals surface area contributed by atoms with Crippen molar-refractivity contribution < 1.29 is 5.11 Å². The summed E-state index contributed by atoms with van der Waals surface area (Å²) in [6.07, 6.45) is 4.14. The maximum absolute atomic E-state index is 9.08. The zero-order valence-corrected chi connectivity index (χ0v) is 9.65. The van der Waals surface area contributed by atoms with Crippen LogP contribution in [0.1, 0.15) is 41.9 Å². The molecule has 1 fully saturated rings. The number of hydrogen-bond donors (Lipinski definition) is 1. The first-order chi connectivity index (χ1) is 7.88. The van der Waals surface area contributed by atoms with Crippen LogP contribution in [0.3, 0.4) is 0 Å². The van der Waals surface area contributed by atoms with Crippen molar-refractivity contribution in [1.82, 2.24) is 4.90 Å². The first-order valence-electron chi connectivity index (χ1n) is 6.34. The van der Waals surface area contributed by atoms with Crippen LogP contribution in [0.4, 0.5) is 0 Å². The van der Waals surface area contributed by atoms with Crippen LogP contribution < -0.4 is 0 Å². The maximum Gasteiger partial charge on any atom is 0.0681 e. The predicted octanol–water partition coefficient (Wildman–Crippen LogP) is 2.11. The number of aliphatic hydroxyl groups excluding tert-OH is 1. The molecule has 1 heterocycles. The van der Waals surface area contributed by atoms with Gasteiger partial charge < -0.3 is 10.0 Å². The Balaban J connectivity index is 1.62. The Hall–Kier alpha value is -0.860. The molecule has 2 heteroatoms. The molecule has 1 aromatic rings. The Kier molecular flexibility index (Phi) is 2.70. The summed E-state index contributed by atoms with van der Waals surface area (Å²) in [5.74, 6) is 0.665. The highest BCUT2D eigenvalue weighted by molar-refractivity contribution is 5.54. The summed E-state index contributed by atoms with van der Waals surface area (Å²) in [4.78, 5) is 2.59. The molecule has 1 saturated heterocycles. The van der Waals surface area contributed by atoms with Gasteiger partial charge in [-0.1, -0.05) is 24.6 Å². The Bertz CT molecular complexity index is 382. The van der Waals surface area contributed by atoms with Gasteiger partial charge in [-0.05, 0) is 42.6 Å². The van der Waals surface area contributed by atoms with E-state index in [-0.39, 0.29) is 6.61 Å². The Morgan fingerprint density at radius 3 is 2.69 bits per heavy atom. The minimum atomic E-state index is 0.170. The largest absolute Gasteiger partial charge is 0.392 e. The van der Waals surface area contributed by atoms with Gasteiger partial charge in [0.25, 0.3) is 0 Å². The Morgan fingerprint density at radius 1 is 1.12 bits per heavy atom. The van der Waals surface area contributed by atoms with Crippen molar-refractivity contribution in [3.8, 4) is 0 Å². The van der Waals surface area contributed by atoms with E-state index in [0.717, 1.165) is 5.56 Å². The highest BCUT2D eigenvalue weighted by atomic mass is 16.3. The van der Waals surface area contributed by atoms with E-state index in [1.807, 2.05) is 0 Å². The number of benzene rings is 1. The average molecular weight is 217 g/mol. The molecule has 1 unspecified atom stereocenters. The van der Waals surface area contributed by atoms with Crippen molar-refractivity contribution in [2.75, 3.05) is 19.6 Å². The van der Waals surface area contributed by atoms with Gasteiger partial charge in [-0.15, -0.1) is 0 Å². The number of nitrogens with zero attached hydrogens (tertiary/aromatic N) is 1. The van der Waals surface area contributed by atoms with Crippen molar-refractivity contribution in [3.63, 3.8) is 0 Å². The molecule has 3 rings (SSSR count). The van der Waals surface area contributed by atoms with Gasteiger partial charge in [0.1, 0.15) is 0 Å². The molecule has 86 valence electrons. The topological polar surface area (TPSA) is 23.5 Å². The SMILES string of the molecule is OCc1ccc2c(c1)C2CN1CCCCC1. The average Bonchev–Trinajstić information content (AvgIpc) is 3.03. The van der Waals surface area contributed by atoms with E-state index in [9.17, 15) is 0 Å². The van der Waals surface area contributed by atoms with Crippen LogP contribution in [0, 0.1) is 0 Å². The van der Waals surface area contributed by atoms with Crippen LogP contribution in [0.15, 0.2) is 18.2 Å². The molecular weight excluding hydrogens is 198 g/mol. The van der Waals surface area contributed by atoms with E-state index in [2.05, 4.69) is 23.1 Å². The number of piperidine rings is 1. The van der Waals surface area contributed by atoms with Gasteiger partial charge in [0, 0.05) is 12.5 Å². The quantitative estimate of drug-likeness (QED) is 0.838. The molecule has 2 nitrogen and oxygen atoms in total. The van der Waals surface area contributed by atoms with Gasteiger partial charge in [-0.25, -0.2) is 0 Å². The van der Waals surface area contributed by atoms with Crippen molar-refractivity contribution in [2.24, 2.45) is 0 Å². The monoisotopic (exact) mass is 217 g/mol. The second-order valence-corrected chi connectivity index (χ2v) is 5.04. The smallest absolute Gasteiger partial charge is 0.0681 e. The molecule has 1 aliphatic heterocycles. The van der Waals surface area contributed by atoms with Gasteiger partial charge in [0.05, 0.1) is 6.61 Å². The summed E-state index contributed by atoms with van der Waals surface area (Å²) in [6.45, 7) is 3.92. The fourth-order valence-electron chi connectivity index (χ4n) is 2.84. The third-order valence-electron chi connectivity index (χ3n) is 3.89. The van der Waals surface area contributed by atoms with Crippen LogP contribution in [0.25, 0.3) is 0 Å². The number of likely N-dealkylation sites (tertiary alicyclic amines) is 1. The zero-order valence-electron chi connectivity index (χ0n) is 9.65. The molecule has 16 heavy (non-hydrogen) atoms. The maximum atomic E-state index is 9.08. The van der Waals surface area contributed by atoms with Gasteiger partial charge in [-0.3, -0.25) is 0 Å². The van der Waals surface area contributed by atoms with E-state index < -0.39 is 0 Å². The molecule has 0 bridgehead atoms. The third-order valence-corrected chi connectivity index (χ3v) is 3.89. The van der Waals surface area contributed by atoms with Gasteiger partial charge >= 0.3 is 0 Å². The van der Waals surface area contributed by atoms with Crippen LogP contribution in [-0.4, -0.2) is 29.6 Å². The second-order valence-electron chi connectivity index (χ2n) is 5.04. The van der Waals surface area contributed by atoms with Gasteiger partial charge in [-0.2, -0.15) is 0 Å². The van der Waals surface area contributed by atoms with E-state index in [1.54, 1.807) is 0 Å². The molecule has 0 amide bonds. The lowest BCUT2D eigenvalue weighted by Crippen LogP contribution is -2.31. The highest BCUT2D eigenvalue weighted by Gasteiger charge is 2.33. The van der Waals surface area contributed by atoms with E-state index >= 15 is 0 Å². The highest BCUT2D eigenvalue weighted by Crippen LogP contribution is 2.44. The zero-order chi connectivity index (χ0) is 11.0. The van der Waals surface area contributed by atoms with Crippen LogP contribution in [0.2, 0.25) is 0 Å². The standard InChI is InChI=1S/C14H19NO/c16-10-11-4-5-12-13(8-11)14(12)9-15-6-2-1-3-7-15/h4-5,8,14,16H,1-3,6-7,9-10H2. The first kappa shape index (κ1) is 10.3. The van der Waals surface area contributed by atoms with Gasteiger partial charge in [0.2, 0.25) is 0 Å². The van der Waals surface area contributed by atoms with Crippen molar-refractivity contribution in [2.45, 2.75) is 31.8 Å². The van der Waals surface area contributed by atoms with Crippen LogP contribution in [0.5, 0.6) is 0 Å². The van der Waals surface area contributed by atoms with E-state index in [0.29, 0.717) is 5.92 Å². The molecule has 0 aromatic heterocycles. The van der Waals surface area contributed by atoms with Crippen molar-refractivity contribution >= 4 is 0 Å². The molecular formula is C14H19NO. The summed E-state index contributed by atoms with van der Waals surface area (Å²) in [5, 5.41) is 9.08. The van der Waals surface area contributed by atoms with Gasteiger partial charge in [0.15, 0.2) is 0 Å². The van der Waals surface area contributed by atoms with Crippen molar-refractivity contribution in [1.29, 1.82) is 0 Å². The lowest BCUT2D eigenvalue weighted by molar-refractivity contribution is 0.229. The second kappa shape index (κ2) is 4.19. The van der Waals surface area contributed by atoms with Crippen molar-refractivity contribution in [3.05, 3.63) is 34.9 Å².